The zero-order chi connectivity index (χ0) is 19.7. The van der Waals surface area contributed by atoms with Crippen molar-refractivity contribution in [2.24, 2.45) is 0 Å². The van der Waals surface area contributed by atoms with Gasteiger partial charge in [-0.3, -0.25) is 10.6 Å². The molecule has 6 nitrogen and oxygen atoms in total. The van der Waals surface area contributed by atoms with Crippen LogP contribution in [0.2, 0.25) is 0 Å². The summed E-state index contributed by atoms with van der Waals surface area (Å²) in [7, 11) is 1.87. The van der Waals surface area contributed by atoms with Gasteiger partial charge in [-0.25, -0.2) is 8.78 Å². The van der Waals surface area contributed by atoms with E-state index in [4.69, 9.17) is 4.74 Å². The van der Waals surface area contributed by atoms with Gasteiger partial charge in [-0.1, -0.05) is 6.08 Å². The number of nitrogens with one attached hydrogen (secondary N) is 5. The average Bonchev–Trinajstić information content (AvgIpc) is 3.01. The second kappa shape index (κ2) is 8.32. The van der Waals surface area contributed by atoms with E-state index < -0.39 is 17.9 Å². The van der Waals surface area contributed by atoms with Crippen LogP contribution in [0.4, 0.5) is 14.5 Å². The van der Waals surface area contributed by atoms with E-state index in [9.17, 15) is 0 Å². The van der Waals surface area contributed by atoms with Crippen molar-refractivity contribution in [1.82, 2.24) is 21.3 Å². The third kappa shape index (κ3) is 3.74. The molecule has 0 saturated carbocycles. The Bertz CT molecular complexity index is 770. The van der Waals surface area contributed by atoms with E-state index >= 15 is 8.78 Å². The van der Waals surface area contributed by atoms with E-state index in [0.29, 0.717) is 36.4 Å². The van der Waals surface area contributed by atoms with Crippen LogP contribution in [0.25, 0.3) is 5.57 Å². The first-order valence-electron chi connectivity index (χ1n) is 10.1. The average molecular weight is 393 g/mol. The highest BCUT2D eigenvalue weighted by Gasteiger charge is 2.32. The molecule has 0 bridgehead atoms. The van der Waals surface area contributed by atoms with Gasteiger partial charge in [0.25, 0.3) is 0 Å². The molecule has 0 aliphatic carbocycles. The number of halogens is 2. The van der Waals surface area contributed by atoms with Crippen molar-refractivity contribution in [2.75, 3.05) is 32.1 Å². The molecule has 1 saturated heterocycles. The maximum absolute atomic E-state index is 15.6. The second-order valence-electron chi connectivity index (χ2n) is 7.71. The smallest absolute Gasteiger partial charge is 0.160 e. The van der Waals surface area contributed by atoms with E-state index in [1.807, 2.05) is 13.1 Å². The number of ether oxygens (including phenoxy) is 1. The molecule has 3 aliphatic rings. The van der Waals surface area contributed by atoms with Crippen LogP contribution in [0, 0.1) is 11.6 Å². The van der Waals surface area contributed by atoms with Crippen molar-refractivity contribution in [1.29, 1.82) is 0 Å². The number of fused-ring (bicyclic) bond motifs is 1. The number of hydrogen-bond acceptors (Lipinski definition) is 6. The molecule has 0 amide bonds. The highest BCUT2D eigenvalue weighted by atomic mass is 19.1. The molecule has 1 fully saturated rings. The second-order valence-corrected chi connectivity index (χ2v) is 7.71. The summed E-state index contributed by atoms with van der Waals surface area (Å²) in [5, 5.41) is 16.1. The molecule has 3 unspecified atom stereocenters. The predicted molar refractivity (Wildman–Crippen MR) is 106 cm³/mol. The Labute approximate surface area is 164 Å². The molecule has 1 aromatic rings. The Morgan fingerprint density at radius 2 is 2.04 bits per heavy atom. The lowest BCUT2D eigenvalue weighted by Crippen LogP contribution is -2.64. The van der Waals surface area contributed by atoms with Crippen LogP contribution in [-0.2, 0) is 6.42 Å². The molecule has 0 spiro atoms. The molecule has 154 valence electrons. The maximum Gasteiger partial charge on any atom is 0.160 e. The summed E-state index contributed by atoms with van der Waals surface area (Å²) in [6.07, 6.45) is 4.59. The number of anilines is 1. The van der Waals surface area contributed by atoms with Crippen molar-refractivity contribution in [3.63, 3.8) is 0 Å². The predicted octanol–water partition coefficient (Wildman–Crippen LogP) is 1.88. The molecule has 3 heterocycles. The highest BCUT2D eigenvalue weighted by Crippen LogP contribution is 2.43. The first-order chi connectivity index (χ1) is 13.6. The van der Waals surface area contributed by atoms with Gasteiger partial charge >= 0.3 is 0 Å². The summed E-state index contributed by atoms with van der Waals surface area (Å²) in [6.45, 7) is 4.00. The molecule has 4 rings (SSSR count). The summed E-state index contributed by atoms with van der Waals surface area (Å²) < 4.78 is 36.5. The van der Waals surface area contributed by atoms with Gasteiger partial charge in [0.1, 0.15) is 17.7 Å². The van der Waals surface area contributed by atoms with Gasteiger partial charge in [-0.05, 0) is 45.4 Å². The quantitative estimate of drug-likeness (QED) is 0.538. The van der Waals surface area contributed by atoms with E-state index in [-0.39, 0.29) is 17.9 Å². The zero-order valence-corrected chi connectivity index (χ0v) is 16.4. The van der Waals surface area contributed by atoms with Gasteiger partial charge in [-0.2, -0.15) is 0 Å². The molecule has 28 heavy (non-hydrogen) atoms. The van der Waals surface area contributed by atoms with Crippen LogP contribution in [-0.4, -0.2) is 45.2 Å². The standard InChI is InChI=1S/C20H29F2N5O/c1-11-10-14(23-2)26-20(25-11)27-18-16(21)13-6-9-28-19(13)15(17(18)22)12-4-3-7-24-8-5-12/h5,11,14,20,23-27H,3-4,6-10H2,1-2H3. The monoisotopic (exact) mass is 393 g/mol. The minimum atomic E-state index is -0.575. The SMILES string of the molecule is CNC1CC(C)NC(Nc2c(F)c3c(c(C4=CCNCCC4)c2F)OCC3)N1. The third-order valence-corrected chi connectivity index (χ3v) is 5.68. The Kier molecular flexibility index (Phi) is 5.82. The Balaban J connectivity index is 1.71. The van der Waals surface area contributed by atoms with E-state index in [2.05, 4.69) is 33.5 Å². The van der Waals surface area contributed by atoms with Crippen molar-refractivity contribution in [3.8, 4) is 5.75 Å². The third-order valence-electron chi connectivity index (χ3n) is 5.68. The fraction of sp³-hybridized carbons (Fsp3) is 0.600. The van der Waals surface area contributed by atoms with Gasteiger partial charge in [0.05, 0.1) is 18.3 Å². The van der Waals surface area contributed by atoms with E-state index in [1.54, 1.807) is 0 Å². The molecular formula is C20H29F2N5O. The number of allylic oxidation sites excluding steroid dienone is 1. The Hall–Kier alpha value is -1.74. The summed E-state index contributed by atoms with van der Waals surface area (Å²) in [5.74, 6) is -0.752. The van der Waals surface area contributed by atoms with Crippen LogP contribution in [0.3, 0.4) is 0 Å². The summed E-state index contributed by atoms with van der Waals surface area (Å²) >= 11 is 0. The van der Waals surface area contributed by atoms with Crippen molar-refractivity contribution in [3.05, 3.63) is 28.8 Å². The van der Waals surface area contributed by atoms with Crippen LogP contribution < -0.4 is 31.3 Å². The van der Waals surface area contributed by atoms with Gasteiger partial charge in [0, 0.05) is 24.6 Å². The molecule has 0 aromatic heterocycles. The minimum absolute atomic E-state index is 0.0627. The van der Waals surface area contributed by atoms with Crippen LogP contribution in [0.1, 0.15) is 37.3 Å². The Morgan fingerprint density at radius 3 is 2.86 bits per heavy atom. The molecule has 5 N–H and O–H groups in total. The van der Waals surface area contributed by atoms with Crippen molar-refractivity contribution >= 4 is 11.3 Å². The fourth-order valence-corrected chi connectivity index (χ4v) is 4.26. The van der Waals surface area contributed by atoms with E-state index in [0.717, 1.165) is 31.4 Å². The summed E-state index contributed by atoms with van der Waals surface area (Å²) in [4.78, 5) is 0. The number of rotatable bonds is 4. The Morgan fingerprint density at radius 1 is 1.18 bits per heavy atom. The lowest BCUT2D eigenvalue weighted by atomic mass is 9.95. The first kappa shape index (κ1) is 19.6. The largest absolute Gasteiger partial charge is 0.492 e. The number of hydrogen-bond donors (Lipinski definition) is 5. The first-order valence-corrected chi connectivity index (χ1v) is 10.1. The van der Waals surface area contributed by atoms with Gasteiger partial charge < -0.3 is 20.7 Å². The molecule has 0 radical (unpaired) electrons. The van der Waals surface area contributed by atoms with E-state index in [1.165, 1.54) is 0 Å². The van der Waals surface area contributed by atoms with Crippen molar-refractivity contribution < 1.29 is 13.5 Å². The zero-order valence-electron chi connectivity index (χ0n) is 16.4. The molecule has 8 heteroatoms. The molecule has 3 atom stereocenters. The van der Waals surface area contributed by atoms with Gasteiger partial charge in [-0.15, -0.1) is 0 Å². The number of benzene rings is 1. The maximum atomic E-state index is 15.6. The van der Waals surface area contributed by atoms with Gasteiger partial charge in [0.15, 0.2) is 11.6 Å². The molecule has 3 aliphatic heterocycles. The topological polar surface area (TPSA) is 69.4 Å². The molecular weight excluding hydrogens is 364 g/mol. The molecule has 1 aromatic carbocycles. The fourth-order valence-electron chi connectivity index (χ4n) is 4.26. The lowest BCUT2D eigenvalue weighted by molar-refractivity contribution is 0.248. The summed E-state index contributed by atoms with van der Waals surface area (Å²) in [6, 6.07) is 0.204. The summed E-state index contributed by atoms with van der Waals surface area (Å²) in [5.41, 5.74) is 1.67. The van der Waals surface area contributed by atoms with Crippen molar-refractivity contribution in [2.45, 2.75) is 51.1 Å². The lowest BCUT2D eigenvalue weighted by Gasteiger charge is -2.37. The van der Waals surface area contributed by atoms with Crippen LogP contribution in [0.5, 0.6) is 5.75 Å². The normalized spacial score (nSPS) is 27.6. The van der Waals surface area contributed by atoms with Crippen LogP contribution >= 0.6 is 0 Å². The van der Waals surface area contributed by atoms with Crippen LogP contribution in [0.15, 0.2) is 6.08 Å². The van der Waals surface area contributed by atoms with Gasteiger partial charge in [0.2, 0.25) is 0 Å². The highest BCUT2D eigenvalue weighted by molar-refractivity contribution is 5.77. The minimum Gasteiger partial charge on any atom is -0.492 e.